The van der Waals surface area contributed by atoms with E-state index >= 15 is 0 Å². The Kier molecular flexibility index (Phi) is 74.5. The van der Waals surface area contributed by atoms with E-state index < -0.39 is 38.8 Å². The van der Waals surface area contributed by atoms with E-state index in [1.807, 2.05) is 0 Å². The van der Waals surface area contributed by atoms with E-state index in [4.69, 9.17) is 97.0 Å². The van der Waals surface area contributed by atoms with E-state index in [9.17, 15) is 0 Å². The van der Waals surface area contributed by atoms with Gasteiger partial charge in [-0.15, -0.1) is 0 Å². The van der Waals surface area contributed by atoms with Crippen molar-refractivity contribution in [3.05, 3.63) is 11.5 Å². The molecule has 2 aliphatic rings. The first kappa shape index (κ1) is 67.3. The van der Waals surface area contributed by atoms with Crippen LogP contribution in [-0.4, -0.2) is 110 Å². The summed E-state index contributed by atoms with van der Waals surface area (Å²) < 4.78 is 31.6. The van der Waals surface area contributed by atoms with Crippen LogP contribution < -0.4 is 41.0 Å². The van der Waals surface area contributed by atoms with E-state index in [1.54, 1.807) is 0 Å². The summed E-state index contributed by atoms with van der Waals surface area (Å²) in [7, 11) is 25.1. The Balaban J connectivity index is -0.0000000393. The molecule has 2 saturated carbocycles. The van der Waals surface area contributed by atoms with Crippen molar-refractivity contribution >= 4 is 130 Å². The number of rotatable bonds is 0. The molecule has 9 N–H and O–H groups in total. The van der Waals surface area contributed by atoms with Crippen LogP contribution in [0.1, 0.15) is 74.7 Å². The molecule has 6 atom stereocenters. The second-order valence-corrected chi connectivity index (χ2v) is 31.0. The van der Waals surface area contributed by atoms with E-state index in [1.165, 1.54) is 69.6 Å². The fraction of sp³-hybridized carbons (Fsp3) is 1.00. The zero-order chi connectivity index (χ0) is 27.4. The number of hydrogen-bond acceptors (Lipinski definition) is 5. The molecule has 0 amide bonds. The Morgan fingerprint density at radius 1 is 0.816 bits per heavy atom. The normalized spacial score (nSPS) is 25.6. The fourth-order valence-corrected chi connectivity index (χ4v) is 2.83. The maximum Gasteiger partial charge on any atom is 1.00 e. The molecule has 0 aromatic rings. The van der Waals surface area contributed by atoms with Crippen LogP contribution in [0.2, 0.25) is 0 Å². The molecule has 0 aliphatic heterocycles. The third-order valence-corrected chi connectivity index (χ3v) is 4.33. The largest absolute Gasteiger partial charge is 1.00 e. The molecule has 0 aromatic carbocycles. The van der Waals surface area contributed by atoms with Gasteiger partial charge in [0, 0.05) is 12.1 Å². The molecule has 2 rings (SSSR count). The van der Waals surface area contributed by atoms with Gasteiger partial charge in [0.15, 0.2) is 0 Å². The Bertz CT molecular complexity index is 525. The van der Waals surface area contributed by atoms with Crippen LogP contribution in [0, 0.1) is 11.8 Å². The topological polar surface area (TPSA) is 204 Å². The maximum absolute atomic E-state index is 8.74. The van der Waals surface area contributed by atoms with Crippen molar-refractivity contribution in [2.45, 2.75) is 98.8 Å². The van der Waals surface area contributed by atoms with Gasteiger partial charge in [-0.05, 0) is 31.1 Å². The molecule has 0 aromatic heterocycles. The monoisotopic (exact) mass is 1120 g/mol. The van der Waals surface area contributed by atoms with Gasteiger partial charge in [-0.25, -0.2) is 0 Å². The molecule has 6 unspecified atom stereocenters. The van der Waals surface area contributed by atoms with Gasteiger partial charge in [0.05, 0.1) is 0 Å². The van der Waals surface area contributed by atoms with Crippen molar-refractivity contribution < 1.29 is 80.9 Å². The van der Waals surface area contributed by atoms with Crippen molar-refractivity contribution in [1.82, 2.24) is 0 Å². The Morgan fingerprint density at radius 3 is 1.29 bits per heavy atom. The van der Waals surface area contributed by atoms with Crippen molar-refractivity contribution in [1.29, 1.82) is 0 Å². The number of hydrogen-bond donors (Lipinski definition) is 4. The molecule has 9 nitrogen and oxygen atoms in total. The van der Waals surface area contributed by atoms with Crippen LogP contribution in [0.5, 0.6) is 0 Å². The third-order valence-electron chi connectivity index (χ3n) is 4.33. The summed E-state index contributed by atoms with van der Waals surface area (Å²) in [5.74, 6) is 1.48. The van der Waals surface area contributed by atoms with Gasteiger partial charge in [-0.2, -0.15) is 20.5 Å². The average molecular weight is 1120 g/mol. The number of halogens is 6. The van der Waals surface area contributed by atoms with Crippen LogP contribution in [-0.2, 0) is 38.8 Å². The molecule has 0 saturated heterocycles. The Hall–Kier alpha value is 7.06. The van der Waals surface area contributed by atoms with Gasteiger partial charge < -0.3 is 28.4 Å². The molecule has 2 aliphatic carbocycles. The quantitative estimate of drug-likeness (QED) is 0.201. The smallest absolute Gasteiger partial charge is 0.870 e. The molecule has 0 radical (unpaired) electrons. The summed E-state index contributed by atoms with van der Waals surface area (Å²) in [5.41, 5.74) is 26.3. The first-order valence-electron chi connectivity index (χ1n) is 9.75. The maximum atomic E-state index is 8.74. The van der Waals surface area contributed by atoms with Crippen LogP contribution in [0.4, 0.5) is 0 Å². The van der Waals surface area contributed by atoms with Crippen molar-refractivity contribution in [3.8, 4) is 0 Å². The first-order chi connectivity index (χ1) is 14.8. The summed E-state index contributed by atoms with van der Waals surface area (Å²) in [6.07, 6.45) is 6.52. The molecular weight excluding hydrogens is 1080 g/mol. The van der Waals surface area contributed by atoms with Crippen molar-refractivity contribution in [3.63, 3.8) is 0 Å². The Labute approximate surface area is 336 Å². The molecule has 0 bridgehead atoms. The molecule has 21 heteroatoms. The van der Waals surface area contributed by atoms with Crippen molar-refractivity contribution in [2.75, 3.05) is 0 Å². The minimum atomic E-state index is -4.67. The van der Waals surface area contributed by atoms with E-state index in [2.05, 4.69) is 13.8 Å². The van der Waals surface area contributed by atoms with Crippen LogP contribution in [0.25, 0.3) is 11.5 Å². The molecular formula is C17H45Cl6K2N4NaO5Pt2S. The van der Waals surface area contributed by atoms with Gasteiger partial charge in [0.25, 0.3) is 0 Å². The average Bonchev–Trinajstić information content (AvgIpc) is 2.62. The minimum absolute atomic E-state index is 0. The molecule has 0 spiro atoms. The minimum Gasteiger partial charge on any atom is -0.870 e. The summed E-state index contributed by atoms with van der Waals surface area (Å²) in [5, 5.41) is 0. The predicted octanol–water partition coefficient (Wildman–Crippen LogP) is 4.56. The van der Waals surface area contributed by atoms with Crippen LogP contribution >= 0.6 is 56.5 Å². The summed E-state index contributed by atoms with van der Waals surface area (Å²) >= 11 is -1.03. The molecule has 38 heavy (non-hydrogen) atoms. The fourth-order valence-electron chi connectivity index (χ4n) is 2.83. The van der Waals surface area contributed by atoms with Gasteiger partial charge in [0.2, 0.25) is 0 Å². The zero-order valence-electron chi connectivity index (χ0n) is 20.3. The predicted molar refractivity (Wildman–Crippen MR) is 161 cm³/mol. The molecule has 234 valence electrons. The van der Waals surface area contributed by atoms with Crippen LogP contribution in [0.3, 0.4) is 0 Å². The van der Waals surface area contributed by atoms with Gasteiger partial charge >= 0.3 is 188 Å². The molecule has 0 heterocycles. The number of nitrogens with one attached hydrogen (secondary N) is 2. The van der Waals surface area contributed by atoms with Gasteiger partial charge in [-0.1, -0.05) is 55.4 Å². The summed E-state index contributed by atoms with van der Waals surface area (Å²) in [6.45, 7) is 4.42. The van der Waals surface area contributed by atoms with Gasteiger partial charge in [0.1, 0.15) is 0 Å². The van der Waals surface area contributed by atoms with Crippen LogP contribution in [0.15, 0.2) is 0 Å². The standard InChI is InChI=1S/C7H16N2.C7H14N2.3CH4.6ClH.2K.Na.H2O4S.H2O.2Pt/c2*1-5-2-3-6(8)7(9)4-5;;;;;;;;;;;;;1-5(2,3)4;;;/h5-7H,2-4,8-9H2,1H3;5-9H,2-4H2,1H3;3*1H4;6*1H;;;;(H2,1,2,3,4);1H2;;/q;-2;;;;;;;;;;;;+1;;;2*+4/p-7. The van der Waals surface area contributed by atoms with Gasteiger partial charge in [-0.3, -0.25) is 9.11 Å². The van der Waals surface area contributed by atoms with E-state index in [0.717, 1.165) is 38.0 Å². The summed E-state index contributed by atoms with van der Waals surface area (Å²) in [4.78, 5) is 0. The van der Waals surface area contributed by atoms with Crippen molar-refractivity contribution in [2.24, 2.45) is 23.3 Å². The third kappa shape index (κ3) is 69.7. The Morgan fingerprint density at radius 2 is 1.08 bits per heavy atom. The van der Waals surface area contributed by atoms with E-state index in [-0.39, 0.29) is 81.5 Å². The molecule has 2 fully saturated rings. The zero-order valence-corrected chi connectivity index (χ0v) is 38.5. The first-order valence-corrected chi connectivity index (χ1v) is 44.0. The van der Waals surface area contributed by atoms with E-state index in [0.29, 0.717) is 5.92 Å². The summed E-state index contributed by atoms with van der Waals surface area (Å²) in [6, 6.07) is 0.324. The second-order valence-electron chi connectivity index (χ2n) is 7.14. The SMILES string of the molecule is C.C.C.CC1CCC(N)C(N)C1.CC1CCC([NH-])C([NH-])C1.O=S(=O)(O)O.[Cl][Pt+2][Cl].[Cl][Pt]([Cl])([Cl])[Cl].[K][K].[Na+].[OH-]. The second kappa shape index (κ2) is 42.1. The number of nitrogens with two attached hydrogens (primary N) is 2.